The molecule has 1 saturated heterocycles. The molecule has 4 rings (SSSR count). The van der Waals surface area contributed by atoms with Gasteiger partial charge in [-0.05, 0) is 49.4 Å². The topological polar surface area (TPSA) is 84.1 Å². The van der Waals surface area contributed by atoms with Crippen LogP contribution >= 0.6 is 11.3 Å². The Hall–Kier alpha value is -2.67. The summed E-state index contributed by atoms with van der Waals surface area (Å²) in [5.41, 5.74) is 9.80. The predicted octanol–water partition coefficient (Wildman–Crippen LogP) is 5.23. The van der Waals surface area contributed by atoms with Crippen molar-refractivity contribution >= 4 is 38.4 Å². The molecule has 1 aliphatic heterocycles. The number of carbonyl (C=O) groups excluding carboxylic acids is 1. The summed E-state index contributed by atoms with van der Waals surface area (Å²) in [5, 5.41) is 3.70. The van der Waals surface area contributed by atoms with E-state index >= 15 is 0 Å². The van der Waals surface area contributed by atoms with E-state index in [0.29, 0.717) is 11.7 Å². The number of benzene rings is 1. The molecule has 6 nitrogen and oxygen atoms in total. The number of amides is 1. The van der Waals surface area contributed by atoms with E-state index in [1.165, 1.54) is 24.2 Å². The fourth-order valence-corrected chi connectivity index (χ4v) is 5.02. The molecule has 0 spiro atoms. The van der Waals surface area contributed by atoms with Gasteiger partial charge in [-0.15, -0.1) is 0 Å². The number of carbonyl (C=O) groups is 1. The minimum absolute atomic E-state index is 0.00458. The highest BCUT2D eigenvalue weighted by Crippen LogP contribution is 2.30. The molecule has 1 fully saturated rings. The number of nitrogens with two attached hydrogens (primary N) is 1. The molecule has 1 aliphatic rings. The van der Waals surface area contributed by atoms with Gasteiger partial charge in [-0.1, -0.05) is 51.2 Å². The van der Waals surface area contributed by atoms with Gasteiger partial charge in [-0.3, -0.25) is 4.79 Å². The number of thiazole rings is 1. The second-order valence-corrected chi connectivity index (χ2v) is 11.4. The number of hydrogen-bond acceptors (Lipinski definition) is 6. The van der Waals surface area contributed by atoms with Gasteiger partial charge in [-0.2, -0.15) is 0 Å². The zero-order chi connectivity index (χ0) is 23.8. The van der Waals surface area contributed by atoms with Crippen molar-refractivity contribution in [3.8, 4) is 0 Å². The smallest absolute Gasteiger partial charge is 0.227 e. The summed E-state index contributed by atoms with van der Waals surface area (Å²) >= 11 is 1.45. The zero-order valence-corrected chi connectivity index (χ0v) is 21.1. The fraction of sp³-hybridized carbons (Fsp3) is 0.500. The van der Waals surface area contributed by atoms with Crippen LogP contribution in [0.15, 0.2) is 30.3 Å². The number of nitrogens with one attached hydrogen (secondary N) is 1. The van der Waals surface area contributed by atoms with Crippen LogP contribution in [-0.2, 0) is 16.8 Å². The third-order valence-electron chi connectivity index (χ3n) is 6.58. The first-order chi connectivity index (χ1) is 15.6. The van der Waals surface area contributed by atoms with Crippen LogP contribution in [-0.4, -0.2) is 29.0 Å². The van der Waals surface area contributed by atoms with Crippen LogP contribution in [0.4, 0.5) is 10.9 Å². The normalized spacial score (nSPS) is 16.2. The quantitative estimate of drug-likeness (QED) is 0.539. The number of piperidine rings is 1. The summed E-state index contributed by atoms with van der Waals surface area (Å²) in [5.74, 6) is 1.51. The minimum Gasteiger partial charge on any atom is -0.375 e. The SMILES string of the molecule is CC1CCN(c2nc(C(C)(C)C)ccc2CNC(=O)C(C)c2ccc3nc(N)sc3c2)CC1. The van der Waals surface area contributed by atoms with E-state index in [9.17, 15) is 4.79 Å². The lowest BCUT2D eigenvalue weighted by Crippen LogP contribution is -2.36. The Kier molecular flexibility index (Phi) is 6.61. The number of rotatable bonds is 5. The van der Waals surface area contributed by atoms with Crippen molar-refractivity contribution in [2.75, 3.05) is 23.7 Å². The van der Waals surface area contributed by atoms with Crippen molar-refractivity contribution in [2.45, 2.75) is 65.3 Å². The van der Waals surface area contributed by atoms with Crippen LogP contribution in [0.2, 0.25) is 0 Å². The van der Waals surface area contributed by atoms with Gasteiger partial charge in [0, 0.05) is 36.3 Å². The summed E-state index contributed by atoms with van der Waals surface area (Å²) in [7, 11) is 0. The van der Waals surface area contributed by atoms with Gasteiger partial charge >= 0.3 is 0 Å². The second kappa shape index (κ2) is 9.29. The Morgan fingerprint density at radius 2 is 1.94 bits per heavy atom. The van der Waals surface area contributed by atoms with Crippen LogP contribution in [0.3, 0.4) is 0 Å². The summed E-state index contributed by atoms with van der Waals surface area (Å²) < 4.78 is 1.01. The monoisotopic (exact) mass is 465 g/mol. The van der Waals surface area contributed by atoms with Gasteiger partial charge in [0.2, 0.25) is 5.91 Å². The lowest BCUT2D eigenvalue weighted by Gasteiger charge is -2.33. The predicted molar refractivity (Wildman–Crippen MR) is 138 cm³/mol. The second-order valence-electron chi connectivity index (χ2n) is 10.3. The number of hydrogen-bond donors (Lipinski definition) is 2. The Morgan fingerprint density at radius 3 is 2.64 bits per heavy atom. The maximum absolute atomic E-state index is 13.0. The maximum atomic E-state index is 13.0. The van der Waals surface area contributed by atoms with Crippen molar-refractivity contribution < 1.29 is 4.79 Å². The molecule has 1 atom stereocenters. The largest absolute Gasteiger partial charge is 0.375 e. The number of nitrogens with zero attached hydrogens (tertiary/aromatic N) is 3. The van der Waals surface area contributed by atoms with Gasteiger partial charge < -0.3 is 16.0 Å². The van der Waals surface area contributed by atoms with Crippen LogP contribution in [0.5, 0.6) is 0 Å². The summed E-state index contributed by atoms with van der Waals surface area (Å²) in [6.07, 6.45) is 2.35. The number of nitrogen functional groups attached to an aromatic ring is 1. The number of pyridine rings is 1. The fourth-order valence-electron chi connectivity index (χ4n) is 4.24. The van der Waals surface area contributed by atoms with E-state index in [1.54, 1.807) is 0 Å². The standard InChI is InChI=1S/C26H35N5OS/c1-16-10-12-31(13-11-16)23-19(7-9-22(30-23)26(3,4)5)15-28-24(32)17(2)18-6-8-20-21(14-18)33-25(27)29-20/h6-9,14,16-17H,10-13,15H2,1-5H3,(H2,27,29)(H,28,32). The molecule has 176 valence electrons. The van der Waals surface area contributed by atoms with Crippen LogP contribution in [0.25, 0.3) is 10.2 Å². The minimum atomic E-state index is -0.265. The Bertz CT molecular complexity index is 1140. The molecule has 0 saturated carbocycles. The molecule has 7 heteroatoms. The third-order valence-corrected chi connectivity index (χ3v) is 7.43. The van der Waals surface area contributed by atoms with Crippen molar-refractivity contribution in [1.29, 1.82) is 0 Å². The molecule has 3 aromatic rings. The molecule has 2 aromatic heterocycles. The molecule has 1 aromatic carbocycles. The average molecular weight is 466 g/mol. The molecule has 3 N–H and O–H groups in total. The molecule has 0 bridgehead atoms. The first-order valence-electron chi connectivity index (χ1n) is 11.8. The summed E-state index contributed by atoms with van der Waals surface area (Å²) in [4.78, 5) is 24.8. The number of aromatic nitrogens is 2. The van der Waals surface area contributed by atoms with Gasteiger partial charge in [-0.25, -0.2) is 9.97 Å². The van der Waals surface area contributed by atoms with E-state index in [1.807, 2.05) is 25.1 Å². The van der Waals surface area contributed by atoms with Crippen molar-refractivity contribution in [3.63, 3.8) is 0 Å². The van der Waals surface area contributed by atoms with Gasteiger partial charge in [0.05, 0.1) is 16.1 Å². The third kappa shape index (κ3) is 5.29. The van der Waals surface area contributed by atoms with E-state index in [2.05, 4.69) is 55.0 Å². The van der Waals surface area contributed by atoms with Crippen molar-refractivity contribution in [3.05, 3.63) is 47.2 Å². The van der Waals surface area contributed by atoms with E-state index in [-0.39, 0.29) is 17.2 Å². The first kappa shape index (κ1) is 23.5. The Morgan fingerprint density at radius 1 is 1.21 bits per heavy atom. The molecule has 1 amide bonds. The highest BCUT2D eigenvalue weighted by Gasteiger charge is 2.24. The summed E-state index contributed by atoms with van der Waals surface area (Å²) in [6, 6.07) is 10.2. The van der Waals surface area contributed by atoms with Crippen molar-refractivity contribution in [1.82, 2.24) is 15.3 Å². The Labute approximate surface area is 200 Å². The zero-order valence-electron chi connectivity index (χ0n) is 20.3. The maximum Gasteiger partial charge on any atom is 0.227 e. The molecule has 0 aliphatic carbocycles. The number of fused-ring (bicyclic) bond motifs is 1. The molecule has 0 radical (unpaired) electrons. The number of anilines is 2. The van der Waals surface area contributed by atoms with Crippen molar-refractivity contribution in [2.24, 2.45) is 5.92 Å². The first-order valence-corrected chi connectivity index (χ1v) is 12.6. The van der Waals surface area contributed by atoms with Gasteiger partial charge in [0.1, 0.15) is 5.82 Å². The highest BCUT2D eigenvalue weighted by molar-refractivity contribution is 7.22. The van der Waals surface area contributed by atoms with Gasteiger partial charge in [0.25, 0.3) is 0 Å². The van der Waals surface area contributed by atoms with E-state index in [0.717, 1.165) is 51.9 Å². The lowest BCUT2D eigenvalue weighted by atomic mass is 9.91. The van der Waals surface area contributed by atoms with E-state index in [4.69, 9.17) is 10.7 Å². The molecule has 3 heterocycles. The van der Waals surface area contributed by atoms with Crippen LogP contribution < -0.4 is 16.0 Å². The molecular formula is C26H35N5OS. The molecule has 33 heavy (non-hydrogen) atoms. The van der Waals surface area contributed by atoms with Crippen LogP contribution in [0, 0.1) is 5.92 Å². The molecule has 1 unspecified atom stereocenters. The summed E-state index contributed by atoms with van der Waals surface area (Å²) in [6.45, 7) is 13.3. The van der Waals surface area contributed by atoms with E-state index < -0.39 is 0 Å². The van der Waals surface area contributed by atoms with Gasteiger partial charge in [0.15, 0.2) is 5.13 Å². The lowest BCUT2D eigenvalue weighted by molar-refractivity contribution is -0.122. The van der Waals surface area contributed by atoms with Crippen LogP contribution in [0.1, 0.15) is 70.2 Å². The average Bonchev–Trinajstić information content (AvgIpc) is 3.16. The molecular weight excluding hydrogens is 430 g/mol. The highest BCUT2D eigenvalue weighted by atomic mass is 32.1. The Balaban J connectivity index is 1.51.